The van der Waals surface area contributed by atoms with Crippen LogP contribution in [0.2, 0.25) is 0 Å². The largest absolute Gasteiger partial charge is 0.460 e. The summed E-state index contributed by atoms with van der Waals surface area (Å²) in [7, 11) is 0. The molecular weight excluding hydrogens is 748 g/mol. The molecule has 0 spiro atoms. The molecule has 0 aromatic carbocycles. The highest BCUT2D eigenvalue weighted by Crippen LogP contribution is 2.24. The summed E-state index contributed by atoms with van der Waals surface area (Å²) in [6.07, 6.45) is 6.24. The van der Waals surface area contributed by atoms with Crippen LogP contribution in [0.5, 0.6) is 0 Å². The monoisotopic (exact) mass is 829 g/mol. The summed E-state index contributed by atoms with van der Waals surface area (Å²) in [6.45, 7) is 24.3. The van der Waals surface area contributed by atoms with Crippen LogP contribution in [0.4, 0.5) is 4.79 Å². The Morgan fingerprint density at radius 2 is 1.19 bits per heavy atom. The van der Waals surface area contributed by atoms with Gasteiger partial charge in [0.25, 0.3) is 0 Å². The number of amides is 3. The maximum atomic E-state index is 13.3. The van der Waals surface area contributed by atoms with Gasteiger partial charge in [-0.15, -0.1) is 0 Å². The summed E-state index contributed by atoms with van der Waals surface area (Å²) < 4.78 is 27.5. The van der Waals surface area contributed by atoms with E-state index in [2.05, 4.69) is 17.6 Å². The molecule has 3 amide bonds. The number of nitrogens with zero attached hydrogens (tertiary/aromatic N) is 1. The van der Waals surface area contributed by atoms with Gasteiger partial charge in [0.1, 0.15) is 41.8 Å². The summed E-state index contributed by atoms with van der Waals surface area (Å²) in [5, 5.41) is 5.69. The summed E-state index contributed by atoms with van der Waals surface area (Å²) >= 11 is 0. The number of nitrogens with two attached hydrogens (primary N) is 1. The van der Waals surface area contributed by atoms with Crippen molar-refractivity contribution in [3.05, 3.63) is 0 Å². The number of nitrogens with one attached hydrogen (secondary N) is 2. The summed E-state index contributed by atoms with van der Waals surface area (Å²) in [4.78, 5) is 78.4. The molecule has 0 aromatic heterocycles. The highest BCUT2D eigenvalue weighted by atomic mass is 16.6. The zero-order valence-corrected chi connectivity index (χ0v) is 38.3. The molecule has 15 heteroatoms. The first-order valence-corrected chi connectivity index (χ1v) is 21.1. The molecule has 338 valence electrons. The molecule has 0 aliphatic carbocycles. The van der Waals surface area contributed by atoms with E-state index < -0.39 is 52.8 Å². The number of Topliss-reactive ketones (excluding diaryl/α,β-unsaturated/α-hetero) is 1. The predicted molar refractivity (Wildman–Crippen MR) is 224 cm³/mol. The van der Waals surface area contributed by atoms with Crippen LogP contribution in [-0.2, 0) is 47.7 Å². The summed E-state index contributed by atoms with van der Waals surface area (Å²) in [6, 6.07) is -2.44. The number of urea groups is 1. The van der Waals surface area contributed by atoms with Crippen molar-refractivity contribution in [2.75, 3.05) is 39.5 Å². The second-order valence-electron chi connectivity index (χ2n) is 19.0. The number of carbonyl (C=O) groups is 6. The molecule has 0 rings (SSSR count). The quantitative estimate of drug-likeness (QED) is 0.0484. The predicted octanol–water partition coefficient (Wildman–Crippen LogP) is 6.16. The van der Waals surface area contributed by atoms with Crippen LogP contribution in [0, 0.1) is 5.41 Å². The number of unbranched alkanes of at least 4 members (excludes halogenated alkanes) is 3. The highest BCUT2D eigenvalue weighted by molar-refractivity contribution is 5.85. The molecule has 0 radical (unpaired) electrons. The standard InChI is InChI=1S/C43H80N4O11/c1-14-15-16-20-31(44)33(48)21-19-26-54-27-28-55-30-35(49)47(29-37(51)57-42(8,9)10)25-18-17-22-34(40(2,3)4)46-39(53)45-32(38(52)58-43(11,12)13)23-24-36(50)56-41(5,6)7/h31-32,34H,14-30,44H2,1-13H3,(H2,45,46,53)/t31-,32-,34-/m0/s1. The van der Waals surface area contributed by atoms with Crippen LogP contribution in [0.1, 0.15) is 161 Å². The lowest BCUT2D eigenvalue weighted by Gasteiger charge is -2.33. The zero-order valence-electron chi connectivity index (χ0n) is 38.3. The van der Waals surface area contributed by atoms with Gasteiger partial charge in [-0.05, 0) is 106 Å². The zero-order chi connectivity index (χ0) is 44.7. The fourth-order valence-corrected chi connectivity index (χ4v) is 5.61. The number of hydrogen-bond acceptors (Lipinski definition) is 12. The van der Waals surface area contributed by atoms with Gasteiger partial charge in [-0.2, -0.15) is 0 Å². The van der Waals surface area contributed by atoms with Crippen LogP contribution in [-0.4, -0.2) is 115 Å². The van der Waals surface area contributed by atoms with Gasteiger partial charge < -0.3 is 45.0 Å². The highest BCUT2D eigenvalue weighted by Gasteiger charge is 2.31. The first kappa shape index (κ1) is 54.7. The van der Waals surface area contributed by atoms with Gasteiger partial charge in [-0.3, -0.25) is 19.2 Å². The lowest BCUT2D eigenvalue weighted by molar-refractivity contribution is -0.160. The number of hydrogen-bond donors (Lipinski definition) is 3. The van der Waals surface area contributed by atoms with Crippen LogP contribution in [0.15, 0.2) is 0 Å². The Balaban J connectivity index is 5.27. The van der Waals surface area contributed by atoms with Crippen molar-refractivity contribution in [1.82, 2.24) is 15.5 Å². The number of ketones is 1. The minimum Gasteiger partial charge on any atom is -0.460 e. The van der Waals surface area contributed by atoms with Crippen LogP contribution in [0.3, 0.4) is 0 Å². The van der Waals surface area contributed by atoms with E-state index >= 15 is 0 Å². The number of rotatable bonds is 27. The third kappa shape index (κ3) is 29.0. The molecule has 58 heavy (non-hydrogen) atoms. The fraction of sp³-hybridized carbons (Fsp3) is 0.860. The molecule has 0 saturated carbocycles. The maximum absolute atomic E-state index is 13.3. The Hall–Kier alpha value is -3.30. The van der Waals surface area contributed by atoms with Gasteiger partial charge in [0.2, 0.25) is 5.91 Å². The van der Waals surface area contributed by atoms with Crippen LogP contribution >= 0.6 is 0 Å². The van der Waals surface area contributed by atoms with Gasteiger partial charge in [-0.1, -0.05) is 47.0 Å². The van der Waals surface area contributed by atoms with Crippen LogP contribution in [0.25, 0.3) is 0 Å². The van der Waals surface area contributed by atoms with Crippen molar-refractivity contribution in [3.63, 3.8) is 0 Å². The molecular formula is C43H80N4O11. The second kappa shape index (κ2) is 26.7. The first-order chi connectivity index (χ1) is 26.6. The molecule has 3 atom stereocenters. The Morgan fingerprint density at radius 3 is 1.76 bits per heavy atom. The minimum atomic E-state index is -1.09. The Bertz CT molecular complexity index is 1260. The molecule has 0 bridgehead atoms. The third-order valence-corrected chi connectivity index (χ3v) is 8.51. The van der Waals surface area contributed by atoms with E-state index in [-0.39, 0.29) is 68.9 Å². The van der Waals surface area contributed by atoms with Crippen LogP contribution < -0.4 is 16.4 Å². The third-order valence-electron chi connectivity index (χ3n) is 8.51. The van der Waals surface area contributed by atoms with Gasteiger partial charge in [0.05, 0.1) is 19.3 Å². The molecule has 0 aromatic rings. The average Bonchev–Trinajstić information content (AvgIpc) is 3.05. The summed E-state index contributed by atoms with van der Waals surface area (Å²) in [5.74, 6) is -2.03. The molecule has 0 aliphatic rings. The van der Waals surface area contributed by atoms with Gasteiger partial charge >= 0.3 is 23.9 Å². The Labute approximate surface area is 349 Å². The lowest BCUT2D eigenvalue weighted by atomic mass is 9.84. The average molecular weight is 829 g/mol. The number of ether oxygens (including phenoxy) is 5. The van der Waals surface area contributed by atoms with E-state index in [0.29, 0.717) is 45.1 Å². The summed E-state index contributed by atoms with van der Waals surface area (Å²) in [5.41, 5.74) is 3.38. The topological polar surface area (TPSA) is 202 Å². The molecule has 0 heterocycles. The molecule has 0 unspecified atom stereocenters. The Morgan fingerprint density at radius 1 is 0.621 bits per heavy atom. The van der Waals surface area contributed by atoms with E-state index in [4.69, 9.17) is 29.4 Å². The minimum absolute atomic E-state index is 0.00720. The smallest absolute Gasteiger partial charge is 0.329 e. The van der Waals surface area contributed by atoms with E-state index in [1.165, 1.54) is 4.90 Å². The Kier molecular flexibility index (Phi) is 25.2. The second-order valence-corrected chi connectivity index (χ2v) is 19.0. The van der Waals surface area contributed by atoms with E-state index in [9.17, 15) is 28.8 Å². The molecule has 15 nitrogen and oxygen atoms in total. The van der Waals surface area contributed by atoms with E-state index in [1.807, 2.05) is 20.8 Å². The van der Waals surface area contributed by atoms with Crippen molar-refractivity contribution < 1.29 is 52.5 Å². The number of carbonyl (C=O) groups excluding carboxylic acids is 6. The van der Waals surface area contributed by atoms with Gasteiger partial charge in [0.15, 0.2) is 0 Å². The molecule has 4 N–H and O–H groups in total. The van der Waals surface area contributed by atoms with E-state index in [0.717, 1.165) is 19.3 Å². The van der Waals surface area contributed by atoms with Crippen molar-refractivity contribution in [1.29, 1.82) is 0 Å². The normalized spacial score (nSPS) is 13.8. The van der Waals surface area contributed by atoms with Gasteiger partial charge in [0, 0.05) is 32.0 Å². The van der Waals surface area contributed by atoms with Crippen molar-refractivity contribution >= 4 is 35.6 Å². The van der Waals surface area contributed by atoms with Crippen molar-refractivity contribution in [2.45, 2.75) is 196 Å². The van der Waals surface area contributed by atoms with E-state index in [1.54, 1.807) is 62.3 Å². The SMILES string of the molecule is CCCCC[C@H](N)C(=O)CCCOCCOCC(=O)N(CCCC[C@H](NC(=O)N[C@@H](CCC(=O)OC(C)(C)C)C(=O)OC(C)(C)C)C(C)(C)C)CC(=O)OC(C)(C)C. The molecule has 0 saturated heterocycles. The van der Waals surface area contributed by atoms with Crippen molar-refractivity contribution in [2.24, 2.45) is 11.1 Å². The lowest BCUT2D eigenvalue weighted by Crippen LogP contribution is -2.53. The number of esters is 3. The maximum Gasteiger partial charge on any atom is 0.329 e. The van der Waals surface area contributed by atoms with Crippen molar-refractivity contribution in [3.8, 4) is 0 Å². The van der Waals surface area contributed by atoms with Gasteiger partial charge in [-0.25, -0.2) is 9.59 Å². The molecule has 0 aliphatic heterocycles. The first-order valence-electron chi connectivity index (χ1n) is 21.1. The fourth-order valence-electron chi connectivity index (χ4n) is 5.61. The molecule has 0 fully saturated rings.